The van der Waals surface area contributed by atoms with E-state index in [1.165, 1.54) is 19.2 Å². The van der Waals surface area contributed by atoms with Crippen molar-refractivity contribution in [2.75, 3.05) is 13.6 Å². The molecule has 0 aliphatic carbocycles. The molecule has 0 saturated carbocycles. The summed E-state index contributed by atoms with van der Waals surface area (Å²) in [7, 11) is 1.44. The van der Waals surface area contributed by atoms with Gasteiger partial charge in [-0.05, 0) is 12.1 Å². The molecule has 0 aromatic heterocycles. The highest BCUT2D eigenvalue weighted by molar-refractivity contribution is 5.97. The maximum atomic E-state index is 13.2. The third kappa shape index (κ3) is 2.26. The first-order chi connectivity index (χ1) is 7.07. The van der Waals surface area contributed by atoms with E-state index in [9.17, 15) is 14.3 Å². The fourth-order valence-electron chi connectivity index (χ4n) is 1.12. The quantitative estimate of drug-likeness (QED) is 0.741. The van der Waals surface area contributed by atoms with Crippen LogP contribution in [-0.4, -0.2) is 29.5 Å². The molecule has 1 amide bonds. The van der Waals surface area contributed by atoms with E-state index in [1.807, 2.05) is 0 Å². The average Bonchev–Trinajstić information content (AvgIpc) is 2.17. The van der Waals surface area contributed by atoms with E-state index in [4.69, 9.17) is 6.42 Å². The van der Waals surface area contributed by atoms with Gasteiger partial charge in [0, 0.05) is 7.05 Å². The van der Waals surface area contributed by atoms with Crippen molar-refractivity contribution in [1.29, 1.82) is 0 Å². The monoisotopic (exact) mass is 207 g/mol. The van der Waals surface area contributed by atoms with Gasteiger partial charge in [-0.1, -0.05) is 12.0 Å². The van der Waals surface area contributed by atoms with Gasteiger partial charge in [0.2, 0.25) is 0 Å². The van der Waals surface area contributed by atoms with Crippen molar-refractivity contribution in [2.24, 2.45) is 0 Å². The maximum Gasteiger partial charge on any atom is 0.261 e. The number of terminal acetylenes is 1. The van der Waals surface area contributed by atoms with Crippen LogP contribution < -0.4 is 0 Å². The van der Waals surface area contributed by atoms with E-state index in [2.05, 4.69) is 5.92 Å². The fraction of sp³-hybridized carbons (Fsp3) is 0.182. The van der Waals surface area contributed by atoms with Crippen molar-refractivity contribution in [3.8, 4) is 18.1 Å². The van der Waals surface area contributed by atoms with Gasteiger partial charge in [-0.25, -0.2) is 4.39 Å². The predicted molar refractivity (Wildman–Crippen MR) is 53.9 cm³/mol. The molecular weight excluding hydrogens is 197 g/mol. The predicted octanol–water partition coefficient (Wildman–Crippen LogP) is 1.24. The molecule has 0 saturated heterocycles. The molecule has 1 rings (SSSR count). The molecule has 1 N–H and O–H groups in total. The number of rotatable bonds is 2. The molecule has 78 valence electrons. The van der Waals surface area contributed by atoms with Crippen molar-refractivity contribution in [2.45, 2.75) is 0 Å². The standard InChI is InChI=1S/C11H10FNO2/c1-3-7-13(2)11(15)10-8(12)5-4-6-9(10)14/h1,4-6,14H,7H2,2H3. The highest BCUT2D eigenvalue weighted by Crippen LogP contribution is 2.20. The molecule has 1 aromatic rings. The Morgan fingerprint density at radius 1 is 1.67 bits per heavy atom. The van der Waals surface area contributed by atoms with Crippen LogP contribution in [0.4, 0.5) is 4.39 Å². The SMILES string of the molecule is C#CCN(C)C(=O)c1c(O)cccc1F. The minimum atomic E-state index is -0.760. The molecule has 0 aliphatic rings. The lowest BCUT2D eigenvalue weighted by molar-refractivity contribution is 0.0805. The Bertz CT molecular complexity index is 403. The first-order valence-corrected chi connectivity index (χ1v) is 4.24. The number of halogens is 1. The number of amides is 1. The van der Waals surface area contributed by atoms with Gasteiger partial charge < -0.3 is 10.0 Å². The number of nitrogens with zero attached hydrogens (tertiary/aromatic N) is 1. The van der Waals surface area contributed by atoms with Crippen LogP contribution in [0.5, 0.6) is 5.75 Å². The normalized spacial score (nSPS) is 9.40. The number of benzene rings is 1. The second-order valence-electron chi connectivity index (χ2n) is 3.00. The van der Waals surface area contributed by atoms with Crippen LogP contribution in [0, 0.1) is 18.2 Å². The summed E-state index contributed by atoms with van der Waals surface area (Å²) in [6, 6.07) is 3.68. The Labute approximate surface area is 87.1 Å². The number of hydrogen-bond donors (Lipinski definition) is 1. The van der Waals surface area contributed by atoms with Gasteiger partial charge in [-0.2, -0.15) is 0 Å². The van der Waals surface area contributed by atoms with E-state index in [1.54, 1.807) is 0 Å². The van der Waals surface area contributed by atoms with Gasteiger partial charge >= 0.3 is 0 Å². The smallest absolute Gasteiger partial charge is 0.261 e. The van der Waals surface area contributed by atoms with Gasteiger partial charge in [-0.15, -0.1) is 6.42 Å². The van der Waals surface area contributed by atoms with Crippen molar-refractivity contribution in [3.63, 3.8) is 0 Å². The van der Waals surface area contributed by atoms with E-state index in [-0.39, 0.29) is 17.9 Å². The lowest BCUT2D eigenvalue weighted by atomic mass is 10.1. The minimum Gasteiger partial charge on any atom is -0.507 e. The summed E-state index contributed by atoms with van der Waals surface area (Å²) in [5.41, 5.74) is -0.352. The van der Waals surface area contributed by atoms with E-state index in [0.29, 0.717) is 0 Å². The van der Waals surface area contributed by atoms with Crippen LogP contribution in [0.3, 0.4) is 0 Å². The van der Waals surface area contributed by atoms with Crippen LogP contribution in [0.15, 0.2) is 18.2 Å². The number of phenolic OH excluding ortho intramolecular Hbond substituents is 1. The minimum absolute atomic E-state index is 0.0621. The summed E-state index contributed by atoms with van der Waals surface area (Å²) in [5, 5.41) is 9.34. The number of phenols is 1. The summed E-state index contributed by atoms with van der Waals surface area (Å²) in [6.07, 6.45) is 5.02. The molecule has 4 heteroatoms. The second-order valence-corrected chi connectivity index (χ2v) is 3.00. The van der Waals surface area contributed by atoms with E-state index < -0.39 is 11.7 Å². The highest BCUT2D eigenvalue weighted by Gasteiger charge is 2.19. The van der Waals surface area contributed by atoms with Crippen molar-refractivity contribution >= 4 is 5.91 Å². The van der Waals surface area contributed by atoms with Crippen molar-refractivity contribution < 1.29 is 14.3 Å². The zero-order valence-electron chi connectivity index (χ0n) is 8.20. The molecule has 0 aliphatic heterocycles. The first kappa shape index (κ1) is 11.1. The highest BCUT2D eigenvalue weighted by atomic mass is 19.1. The van der Waals surface area contributed by atoms with Gasteiger partial charge in [0.1, 0.15) is 17.1 Å². The van der Waals surface area contributed by atoms with Gasteiger partial charge in [-0.3, -0.25) is 4.79 Å². The van der Waals surface area contributed by atoms with Gasteiger partial charge in [0.05, 0.1) is 6.54 Å². The molecule has 0 atom stereocenters. The Balaban J connectivity index is 3.07. The number of aromatic hydroxyl groups is 1. The molecule has 0 radical (unpaired) electrons. The van der Waals surface area contributed by atoms with Crippen molar-refractivity contribution in [3.05, 3.63) is 29.6 Å². The maximum absolute atomic E-state index is 13.2. The molecule has 0 spiro atoms. The van der Waals surface area contributed by atoms with Gasteiger partial charge in [0.25, 0.3) is 5.91 Å². The van der Waals surface area contributed by atoms with Crippen LogP contribution in [0.25, 0.3) is 0 Å². The topological polar surface area (TPSA) is 40.5 Å². The molecule has 15 heavy (non-hydrogen) atoms. The Morgan fingerprint density at radius 2 is 2.33 bits per heavy atom. The number of hydrogen-bond acceptors (Lipinski definition) is 2. The summed E-state index contributed by atoms with van der Waals surface area (Å²) < 4.78 is 13.2. The van der Waals surface area contributed by atoms with Crippen molar-refractivity contribution in [1.82, 2.24) is 4.90 Å². The third-order valence-corrected chi connectivity index (χ3v) is 1.88. The molecule has 0 unspecified atom stereocenters. The lowest BCUT2D eigenvalue weighted by Gasteiger charge is -2.14. The number of carbonyl (C=O) groups is 1. The Hall–Kier alpha value is -2.02. The Morgan fingerprint density at radius 3 is 2.87 bits per heavy atom. The summed E-state index contributed by atoms with van der Waals surface area (Å²) >= 11 is 0. The Kier molecular flexibility index (Phi) is 3.29. The molecule has 0 bridgehead atoms. The lowest BCUT2D eigenvalue weighted by Crippen LogP contribution is -2.27. The third-order valence-electron chi connectivity index (χ3n) is 1.88. The van der Waals surface area contributed by atoms with E-state index >= 15 is 0 Å². The zero-order chi connectivity index (χ0) is 11.4. The van der Waals surface area contributed by atoms with Gasteiger partial charge in [0.15, 0.2) is 0 Å². The zero-order valence-corrected chi connectivity index (χ0v) is 8.20. The second kappa shape index (κ2) is 4.47. The molecule has 3 nitrogen and oxygen atoms in total. The summed E-state index contributed by atoms with van der Waals surface area (Å²) in [4.78, 5) is 12.8. The van der Waals surface area contributed by atoms with E-state index in [0.717, 1.165) is 11.0 Å². The van der Waals surface area contributed by atoms with Crippen LogP contribution in [0.2, 0.25) is 0 Å². The number of carbonyl (C=O) groups excluding carboxylic acids is 1. The summed E-state index contributed by atoms with van der Waals surface area (Å²) in [5.74, 6) is 0.477. The molecule has 1 aromatic carbocycles. The summed E-state index contributed by atoms with van der Waals surface area (Å²) in [6.45, 7) is 0.0621. The molecule has 0 heterocycles. The van der Waals surface area contributed by atoms with Crippen LogP contribution in [0.1, 0.15) is 10.4 Å². The van der Waals surface area contributed by atoms with Crippen LogP contribution >= 0.6 is 0 Å². The average molecular weight is 207 g/mol. The van der Waals surface area contributed by atoms with Crippen LogP contribution in [-0.2, 0) is 0 Å². The molecular formula is C11H10FNO2. The molecule has 0 fully saturated rings. The largest absolute Gasteiger partial charge is 0.507 e. The first-order valence-electron chi connectivity index (χ1n) is 4.24. The fourth-order valence-corrected chi connectivity index (χ4v) is 1.12.